The molecule has 0 aromatic heterocycles. The molecule has 3 N–H and O–H groups in total. The molecule has 2 atom stereocenters. The molecule has 0 fully saturated rings. The van der Waals surface area contributed by atoms with Gasteiger partial charge in [0.05, 0.1) is 13.2 Å². The Hall–Kier alpha value is -1.51. The van der Waals surface area contributed by atoms with Crippen LogP contribution in [0.1, 0.15) is 181 Å². The fraction of sp³-hybridized carbons (Fsp3) is 0.846. The van der Waals surface area contributed by atoms with E-state index < -0.39 is 26.5 Å². The van der Waals surface area contributed by atoms with Gasteiger partial charge in [-0.15, -0.1) is 0 Å². The lowest BCUT2D eigenvalue weighted by Crippen LogP contribution is -2.27. The number of allylic oxidation sites excluding steroid dienone is 4. The summed E-state index contributed by atoms with van der Waals surface area (Å²) in [6.07, 6.45) is 36.8. The maximum atomic E-state index is 12.0. The van der Waals surface area contributed by atoms with Crippen molar-refractivity contribution in [1.29, 1.82) is 0 Å². The molecular weight excluding hydrogens is 641 g/mol. The summed E-state index contributed by atoms with van der Waals surface area (Å²) in [5.41, 5.74) is 0. The third-order valence-electron chi connectivity index (χ3n) is 8.35. The molecule has 0 rings (SSSR count). The van der Waals surface area contributed by atoms with E-state index in [2.05, 4.69) is 43.5 Å². The minimum absolute atomic E-state index is 0.0798. The molecule has 0 heterocycles. The molecule has 0 aliphatic carbocycles. The van der Waals surface area contributed by atoms with Crippen molar-refractivity contribution in [3.8, 4) is 0 Å². The summed E-state index contributed by atoms with van der Waals surface area (Å²) < 4.78 is 26.8. The molecule has 0 radical (unpaired) electrons. The van der Waals surface area contributed by atoms with Crippen LogP contribution < -0.4 is 5.32 Å². The predicted octanol–water partition coefficient (Wildman–Crippen LogP) is 10.4. The lowest BCUT2D eigenvalue weighted by atomic mass is 10.1. The van der Waals surface area contributed by atoms with Crippen molar-refractivity contribution in [3.05, 3.63) is 24.3 Å². The second-order valence-corrected chi connectivity index (χ2v) is 14.7. The molecule has 9 nitrogen and oxygen atoms in total. The zero-order valence-electron chi connectivity index (χ0n) is 31.4. The highest BCUT2D eigenvalue weighted by Crippen LogP contribution is 2.42. The lowest BCUT2D eigenvalue weighted by Gasteiger charge is -2.15. The summed E-state index contributed by atoms with van der Waals surface area (Å²) in [5.74, 6) is -0.530. The summed E-state index contributed by atoms with van der Waals surface area (Å²) in [6.45, 7) is 3.49. The van der Waals surface area contributed by atoms with Crippen molar-refractivity contribution in [3.63, 3.8) is 0 Å². The summed E-state index contributed by atoms with van der Waals surface area (Å²) in [5, 5.41) is 12.6. The van der Waals surface area contributed by atoms with Crippen LogP contribution in [0.3, 0.4) is 0 Å². The first kappa shape index (κ1) is 47.5. The zero-order valence-corrected chi connectivity index (χ0v) is 32.3. The second kappa shape index (κ2) is 36.3. The highest BCUT2D eigenvalue weighted by molar-refractivity contribution is 7.47. The van der Waals surface area contributed by atoms with Crippen molar-refractivity contribution in [2.75, 3.05) is 26.4 Å². The van der Waals surface area contributed by atoms with E-state index in [1.807, 2.05) is 0 Å². The Balaban J connectivity index is 3.61. The first-order valence-corrected chi connectivity index (χ1v) is 21.3. The Kier molecular flexibility index (Phi) is 35.2. The number of carbonyl (C=O) groups excluding carboxylic acids is 2. The summed E-state index contributed by atoms with van der Waals surface area (Å²) in [4.78, 5) is 33.7. The summed E-state index contributed by atoms with van der Waals surface area (Å²) in [6, 6.07) is 0. The smallest absolute Gasteiger partial charge is 0.463 e. The molecule has 49 heavy (non-hydrogen) atoms. The Morgan fingerprint density at radius 3 is 1.59 bits per heavy atom. The van der Waals surface area contributed by atoms with Crippen molar-refractivity contribution < 1.29 is 37.9 Å². The van der Waals surface area contributed by atoms with E-state index in [0.29, 0.717) is 6.42 Å². The second-order valence-electron chi connectivity index (χ2n) is 13.2. The Morgan fingerprint density at radius 1 is 0.612 bits per heavy atom. The summed E-state index contributed by atoms with van der Waals surface area (Å²) in [7, 11) is -4.41. The molecule has 0 aromatic rings. The molecule has 0 aromatic carbocycles. The van der Waals surface area contributed by atoms with E-state index in [1.54, 1.807) is 0 Å². The van der Waals surface area contributed by atoms with E-state index in [9.17, 15) is 24.2 Å². The standard InChI is InChI=1S/C39H74NO8P/c1-3-5-7-9-11-13-15-16-17-18-19-20-22-23-25-27-29-31-38(42)40-33-34-47-49(44,45)48-36-37(41)35-46-39(43)32-30-28-26-24-21-14-12-10-8-6-4-2/h10,12,16-17,37,41H,3-9,11,13-15,18-36H2,1-2H3,(H,40,42)(H,44,45)/b12-10-,17-16-. The van der Waals surface area contributed by atoms with Gasteiger partial charge >= 0.3 is 13.8 Å². The topological polar surface area (TPSA) is 131 Å². The van der Waals surface area contributed by atoms with Crippen LogP contribution in [0, 0.1) is 0 Å². The van der Waals surface area contributed by atoms with Crippen LogP contribution in [0.15, 0.2) is 24.3 Å². The number of amides is 1. The quantitative estimate of drug-likeness (QED) is 0.0251. The number of esters is 1. The van der Waals surface area contributed by atoms with Crippen LogP contribution in [-0.4, -0.2) is 54.3 Å². The van der Waals surface area contributed by atoms with Gasteiger partial charge in [-0.25, -0.2) is 4.57 Å². The van der Waals surface area contributed by atoms with Crippen LogP contribution in [-0.2, 0) is 27.9 Å². The molecule has 288 valence electrons. The van der Waals surface area contributed by atoms with Crippen LogP contribution >= 0.6 is 7.82 Å². The number of nitrogens with one attached hydrogen (secondary N) is 1. The van der Waals surface area contributed by atoms with Crippen molar-refractivity contribution in [2.24, 2.45) is 0 Å². The molecule has 0 spiro atoms. The molecular formula is C39H74NO8P. The molecule has 0 saturated heterocycles. The van der Waals surface area contributed by atoms with Gasteiger partial charge in [-0.3, -0.25) is 18.6 Å². The minimum Gasteiger partial charge on any atom is -0.463 e. The highest BCUT2D eigenvalue weighted by Gasteiger charge is 2.23. The largest absolute Gasteiger partial charge is 0.472 e. The number of rotatable bonds is 37. The van der Waals surface area contributed by atoms with Gasteiger partial charge < -0.3 is 20.1 Å². The van der Waals surface area contributed by atoms with E-state index >= 15 is 0 Å². The third-order valence-corrected chi connectivity index (χ3v) is 9.34. The number of phosphoric ester groups is 1. The maximum absolute atomic E-state index is 12.0. The highest BCUT2D eigenvalue weighted by atomic mass is 31.2. The first-order chi connectivity index (χ1) is 23.8. The fourth-order valence-electron chi connectivity index (χ4n) is 5.30. The average Bonchev–Trinajstić information content (AvgIpc) is 3.08. The van der Waals surface area contributed by atoms with Gasteiger partial charge in [-0.2, -0.15) is 0 Å². The molecule has 2 unspecified atom stereocenters. The minimum atomic E-state index is -4.41. The Labute approximate surface area is 300 Å². The third kappa shape index (κ3) is 37.6. The van der Waals surface area contributed by atoms with Gasteiger partial charge in [0, 0.05) is 19.4 Å². The van der Waals surface area contributed by atoms with Crippen LogP contribution in [0.25, 0.3) is 0 Å². The van der Waals surface area contributed by atoms with E-state index in [0.717, 1.165) is 64.2 Å². The number of phosphoric acid groups is 1. The number of carbonyl (C=O) groups is 2. The SMILES string of the molecule is CCCC/C=C\CCCCCCCC(=O)OCC(O)COP(=O)(O)OCCNC(=O)CCCCCCCCC/C=C\CCCCCCCC. The zero-order chi connectivity index (χ0) is 36.1. The van der Waals surface area contributed by atoms with Gasteiger partial charge in [-0.05, 0) is 57.8 Å². The fourth-order valence-corrected chi connectivity index (χ4v) is 6.05. The van der Waals surface area contributed by atoms with Crippen molar-refractivity contribution in [2.45, 2.75) is 187 Å². The van der Waals surface area contributed by atoms with Crippen LogP contribution in [0.2, 0.25) is 0 Å². The predicted molar refractivity (Wildman–Crippen MR) is 201 cm³/mol. The number of hydrogen-bond acceptors (Lipinski definition) is 7. The summed E-state index contributed by atoms with van der Waals surface area (Å²) >= 11 is 0. The van der Waals surface area contributed by atoms with Crippen molar-refractivity contribution >= 4 is 19.7 Å². The molecule has 0 aliphatic heterocycles. The average molecular weight is 716 g/mol. The molecule has 0 saturated carbocycles. The molecule has 0 bridgehead atoms. The number of hydrogen-bond donors (Lipinski definition) is 3. The van der Waals surface area contributed by atoms with E-state index in [-0.39, 0.29) is 32.1 Å². The Bertz CT molecular complexity index is 866. The van der Waals surface area contributed by atoms with Crippen LogP contribution in [0.4, 0.5) is 0 Å². The first-order valence-electron chi connectivity index (χ1n) is 19.8. The van der Waals surface area contributed by atoms with Gasteiger partial charge in [0.2, 0.25) is 5.91 Å². The normalized spacial score (nSPS) is 13.6. The Morgan fingerprint density at radius 2 is 1.06 bits per heavy atom. The molecule has 0 aliphatic rings. The van der Waals surface area contributed by atoms with Crippen molar-refractivity contribution in [1.82, 2.24) is 5.32 Å². The number of ether oxygens (including phenoxy) is 1. The number of aliphatic hydroxyl groups excluding tert-OH is 1. The van der Waals surface area contributed by atoms with E-state index in [4.69, 9.17) is 13.8 Å². The van der Waals surface area contributed by atoms with Gasteiger partial charge in [0.15, 0.2) is 0 Å². The van der Waals surface area contributed by atoms with Crippen LogP contribution in [0.5, 0.6) is 0 Å². The number of unbranched alkanes of at least 4 members (excludes halogenated alkanes) is 20. The van der Waals surface area contributed by atoms with Gasteiger partial charge in [-0.1, -0.05) is 134 Å². The van der Waals surface area contributed by atoms with Gasteiger partial charge in [0.25, 0.3) is 0 Å². The van der Waals surface area contributed by atoms with Gasteiger partial charge in [0.1, 0.15) is 12.7 Å². The maximum Gasteiger partial charge on any atom is 0.472 e. The van der Waals surface area contributed by atoms with E-state index in [1.165, 1.54) is 89.9 Å². The number of aliphatic hydroxyl groups is 1. The monoisotopic (exact) mass is 716 g/mol. The molecule has 1 amide bonds. The molecule has 10 heteroatoms. The lowest BCUT2D eigenvalue weighted by molar-refractivity contribution is -0.147.